The summed E-state index contributed by atoms with van der Waals surface area (Å²) in [5.74, 6) is -1.12. The van der Waals surface area contributed by atoms with Crippen LogP contribution >= 0.6 is 0 Å². The molecular formula is C13H19NO5S. The van der Waals surface area contributed by atoms with Gasteiger partial charge in [-0.05, 0) is 37.1 Å². The maximum Gasteiger partial charge on any atom is 0.335 e. The Hall–Kier alpha value is -1.44. The van der Waals surface area contributed by atoms with Gasteiger partial charge in [0.15, 0.2) is 0 Å². The van der Waals surface area contributed by atoms with Crippen LogP contribution in [0, 0.1) is 0 Å². The quantitative estimate of drug-likeness (QED) is 0.702. The van der Waals surface area contributed by atoms with Crippen LogP contribution < -0.4 is 4.72 Å². The number of sulfonamides is 1. The first-order valence-electron chi connectivity index (χ1n) is 6.28. The van der Waals surface area contributed by atoms with E-state index in [4.69, 9.17) is 5.11 Å². The third-order valence-electron chi connectivity index (χ3n) is 3.42. The maximum absolute atomic E-state index is 12.2. The van der Waals surface area contributed by atoms with Crippen molar-refractivity contribution in [2.24, 2.45) is 0 Å². The lowest BCUT2D eigenvalue weighted by molar-refractivity contribution is 0.0696. The summed E-state index contributed by atoms with van der Waals surface area (Å²) in [7, 11) is -3.80. The minimum atomic E-state index is -3.80. The van der Waals surface area contributed by atoms with E-state index in [1.54, 1.807) is 13.8 Å². The van der Waals surface area contributed by atoms with Crippen LogP contribution in [0.2, 0.25) is 0 Å². The molecule has 6 nitrogen and oxygen atoms in total. The first-order chi connectivity index (χ1) is 9.30. The van der Waals surface area contributed by atoms with Gasteiger partial charge in [0, 0.05) is 0 Å². The summed E-state index contributed by atoms with van der Waals surface area (Å²) in [6.07, 6.45) is 0.902. The maximum atomic E-state index is 12.2. The number of rotatable bonds is 7. The zero-order chi connectivity index (χ0) is 15.4. The van der Waals surface area contributed by atoms with Crippen LogP contribution in [-0.2, 0) is 10.0 Å². The molecule has 0 amide bonds. The fraction of sp³-hybridized carbons (Fsp3) is 0.462. The molecule has 0 spiro atoms. The second kappa shape index (κ2) is 6.34. The van der Waals surface area contributed by atoms with Gasteiger partial charge in [-0.1, -0.05) is 13.8 Å². The van der Waals surface area contributed by atoms with Crippen LogP contribution in [0.15, 0.2) is 29.2 Å². The van der Waals surface area contributed by atoms with Gasteiger partial charge in [0.25, 0.3) is 0 Å². The lowest BCUT2D eigenvalue weighted by Crippen LogP contribution is -2.50. The highest BCUT2D eigenvalue weighted by Crippen LogP contribution is 2.19. The number of aliphatic hydroxyl groups excluding tert-OH is 1. The van der Waals surface area contributed by atoms with Gasteiger partial charge in [-0.3, -0.25) is 0 Å². The van der Waals surface area contributed by atoms with Gasteiger partial charge in [0.2, 0.25) is 10.0 Å². The molecule has 1 aromatic rings. The molecule has 0 aliphatic carbocycles. The Morgan fingerprint density at radius 3 is 2.05 bits per heavy atom. The third kappa shape index (κ3) is 3.56. The molecule has 1 rings (SSSR count). The molecule has 1 aromatic carbocycles. The van der Waals surface area contributed by atoms with Crippen molar-refractivity contribution in [2.75, 3.05) is 6.61 Å². The minimum Gasteiger partial charge on any atom is -0.478 e. The van der Waals surface area contributed by atoms with Gasteiger partial charge in [-0.15, -0.1) is 0 Å². The van der Waals surface area contributed by atoms with E-state index in [0.29, 0.717) is 12.8 Å². The summed E-state index contributed by atoms with van der Waals surface area (Å²) < 4.78 is 27.0. The largest absolute Gasteiger partial charge is 0.478 e. The van der Waals surface area contributed by atoms with Gasteiger partial charge >= 0.3 is 5.97 Å². The van der Waals surface area contributed by atoms with E-state index in [2.05, 4.69) is 4.72 Å². The summed E-state index contributed by atoms with van der Waals surface area (Å²) >= 11 is 0. The molecule has 0 saturated heterocycles. The Balaban J connectivity index is 3.07. The molecule has 3 N–H and O–H groups in total. The summed E-state index contributed by atoms with van der Waals surface area (Å²) in [5.41, 5.74) is -0.882. The van der Waals surface area contributed by atoms with Crippen LogP contribution in [-0.4, -0.2) is 36.7 Å². The van der Waals surface area contributed by atoms with Crippen molar-refractivity contribution in [1.29, 1.82) is 0 Å². The molecule has 0 radical (unpaired) electrons. The van der Waals surface area contributed by atoms with Crippen molar-refractivity contribution >= 4 is 16.0 Å². The second-order valence-electron chi connectivity index (χ2n) is 4.58. The van der Waals surface area contributed by atoms with Crippen molar-refractivity contribution in [3.05, 3.63) is 29.8 Å². The zero-order valence-electron chi connectivity index (χ0n) is 11.5. The molecule has 0 unspecified atom stereocenters. The molecular weight excluding hydrogens is 282 g/mol. The van der Waals surface area contributed by atoms with Crippen molar-refractivity contribution in [3.8, 4) is 0 Å². The Morgan fingerprint density at radius 1 is 1.20 bits per heavy atom. The predicted molar refractivity (Wildman–Crippen MR) is 74.1 cm³/mol. The molecule has 20 heavy (non-hydrogen) atoms. The number of carbonyl (C=O) groups is 1. The molecule has 112 valence electrons. The highest BCUT2D eigenvalue weighted by Gasteiger charge is 2.31. The number of aliphatic hydroxyl groups is 1. The number of carboxylic acid groups (broad SMARTS) is 1. The Kier molecular flexibility index (Phi) is 5.27. The van der Waals surface area contributed by atoms with Gasteiger partial charge in [0.05, 0.1) is 22.6 Å². The molecule has 0 saturated carbocycles. The Labute approximate surface area is 118 Å². The first kappa shape index (κ1) is 16.6. The topological polar surface area (TPSA) is 104 Å². The molecule has 0 fully saturated rings. The van der Waals surface area contributed by atoms with E-state index in [1.807, 2.05) is 0 Å². The third-order valence-corrected chi connectivity index (χ3v) is 5.01. The van der Waals surface area contributed by atoms with E-state index in [0.717, 1.165) is 0 Å². The number of benzene rings is 1. The average Bonchev–Trinajstić information content (AvgIpc) is 2.45. The first-order valence-corrected chi connectivity index (χ1v) is 7.76. The van der Waals surface area contributed by atoms with E-state index in [9.17, 15) is 18.3 Å². The smallest absolute Gasteiger partial charge is 0.335 e. The fourth-order valence-electron chi connectivity index (χ4n) is 1.77. The lowest BCUT2D eigenvalue weighted by atomic mass is 9.96. The van der Waals surface area contributed by atoms with Crippen LogP contribution in [0.5, 0.6) is 0 Å². The van der Waals surface area contributed by atoms with Crippen molar-refractivity contribution in [3.63, 3.8) is 0 Å². The fourth-order valence-corrected chi connectivity index (χ4v) is 3.31. The minimum absolute atomic E-state index is 0.0170. The van der Waals surface area contributed by atoms with Crippen LogP contribution in [0.4, 0.5) is 0 Å². The van der Waals surface area contributed by atoms with Crippen molar-refractivity contribution < 1.29 is 23.4 Å². The number of carboxylic acids is 1. The Morgan fingerprint density at radius 2 is 1.70 bits per heavy atom. The van der Waals surface area contributed by atoms with Crippen molar-refractivity contribution in [2.45, 2.75) is 37.1 Å². The van der Waals surface area contributed by atoms with E-state index >= 15 is 0 Å². The van der Waals surface area contributed by atoms with Gasteiger partial charge < -0.3 is 10.2 Å². The molecule has 0 bridgehead atoms. The highest BCUT2D eigenvalue weighted by atomic mass is 32.2. The van der Waals surface area contributed by atoms with Crippen LogP contribution in [0.1, 0.15) is 37.0 Å². The number of aromatic carboxylic acids is 1. The Bertz CT molecular complexity index is 553. The van der Waals surface area contributed by atoms with Crippen molar-refractivity contribution in [1.82, 2.24) is 4.72 Å². The molecule has 7 heteroatoms. The number of nitrogens with one attached hydrogen (secondary N) is 1. The monoisotopic (exact) mass is 301 g/mol. The summed E-state index contributed by atoms with van der Waals surface area (Å²) in [4.78, 5) is 10.7. The highest BCUT2D eigenvalue weighted by molar-refractivity contribution is 7.89. The number of hydrogen-bond acceptors (Lipinski definition) is 4. The van der Waals surface area contributed by atoms with E-state index in [1.165, 1.54) is 24.3 Å². The SMILES string of the molecule is CCC(CC)(CO)NS(=O)(=O)c1ccc(C(=O)O)cc1. The van der Waals surface area contributed by atoms with Crippen LogP contribution in [0.25, 0.3) is 0 Å². The lowest BCUT2D eigenvalue weighted by Gasteiger charge is -2.30. The standard InChI is InChI=1S/C13H19NO5S/c1-3-13(4-2,9-15)14-20(18,19)11-7-5-10(6-8-11)12(16)17/h5-8,14-15H,3-4,9H2,1-2H3,(H,16,17). The van der Waals surface area contributed by atoms with E-state index in [-0.39, 0.29) is 17.1 Å². The number of hydrogen-bond donors (Lipinski definition) is 3. The normalized spacial score (nSPS) is 12.3. The molecule has 0 aliphatic rings. The molecule has 0 heterocycles. The summed E-state index contributed by atoms with van der Waals surface area (Å²) in [6.45, 7) is 3.28. The predicted octanol–water partition coefficient (Wildman–Crippen LogP) is 1.21. The van der Waals surface area contributed by atoms with Crippen LogP contribution in [0.3, 0.4) is 0 Å². The molecule has 0 aliphatic heterocycles. The zero-order valence-corrected chi connectivity index (χ0v) is 12.3. The van der Waals surface area contributed by atoms with Gasteiger partial charge in [0.1, 0.15) is 0 Å². The summed E-state index contributed by atoms with van der Waals surface area (Å²) in [5, 5.41) is 18.2. The molecule has 0 aromatic heterocycles. The molecule has 0 atom stereocenters. The average molecular weight is 301 g/mol. The van der Waals surface area contributed by atoms with E-state index < -0.39 is 21.5 Å². The summed E-state index contributed by atoms with van der Waals surface area (Å²) in [6, 6.07) is 4.93. The van der Waals surface area contributed by atoms with Gasteiger partial charge in [-0.25, -0.2) is 17.9 Å². The second-order valence-corrected chi connectivity index (χ2v) is 6.26. The van der Waals surface area contributed by atoms with Gasteiger partial charge in [-0.2, -0.15) is 0 Å².